The molecule has 100 valence electrons. The maximum Gasteiger partial charge on any atom is 0.337 e. The number of nitrogens with zero attached hydrogens (tertiary/aromatic N) is 1. The summed E-state index contributed by atoms with van der Waals surface area (Å²) < 4.78 is 18.3. The molecule has 0 amide bonds. The first-order chi connectivity index (χ1) is 9.10. The van der Waals surface area contributed by atoms with Crippen LogP contribution in [0.15, 0.2) is 23.6 Å². The maximum atomic E-state index is 13.8. The van der Waals surface area contributed by atoms with Crippen LogP contribution in [0, 0.1) is 12.7 Å². The molecule has 1 N–H and O–H groups in total. The van der Waals surface area contributed by atoms with E-state index in [4.69, 9.17) is 0 Å². The highest BCUT2D eigenvalue weighted by atomic mass is 32.1. The van der Waals surface area contributed by atoms with E-state index in [1.54, 1.807) is 11.3 Å². The molecule has 6 heteroatoms. The lowest BCUT2D eigenvalue weighted by Gasteiger charge is -2.07. The van der Waals surface area contributed by atoms with Crippen molar-refractivity contribution in [3.63, 3.8) is 0 Å². The van der Waals surface area contributed by atoms with Gasteiger partial charge in [-0.3, -0.25) is 0 Å². The summed E-state index contributed by atoms with van der Waals surface area (Å²) in [4.78, 5) is 15.5. The van der Waals surface area contributed by atoms with Gasteiger partial charge in [0.2, 0.25) is 0 Å². The summed E-state index contributed by atoms with van der Waals surface area (Å²) in [6, 6.07) is 4.19. The predicted octanol–water partition coefficient (Wildman–Crippen LogP) is 2.99. The Morgan fingerprint density at radius 1 is 1.53 bits per heavy atom. The lowest BCUT2D eigenvalue weighted by atomic mass is 10.2. The number of rotatable bonds is 4. The van der Waals surface area contributed by atoms with Gasteiger partial charge in [-0.2, -0.15) is 0 Å². The van der Waals surface area contributed by atoms with Crippen molar-refractivity contribution in [1.29, 1.82) is 0 Å². The molecule has 0 aliphatic heterocycles. The average Bonchev–Trinajstić information content (AvgIpc) is 2.82. The van der Waals surface area contributed by atoms with Crippen molar-refractivity contribution in [2.45, 2.75) is 13.5 Å². The van der Waals surface area contributed by atoms with Crippen LogP contribution in [0.4, 0.5) is 10.1 Å². The Balaban J connectivity index is 2.07. The number of anilines is 1. The van der Waals surface area contributed by atoms with Gasteiger partial charge in [-0.1, -0.05) is 0 Å². The third-order valence-corrected chi connectivity index (χ3v) is 3.34. The zero-order valence-corrected chi connectivity index (χ0v) is 11.4. The number of methoxy groups -OCH3 is 1. The van der Waals surface area contributed by atoms with Crippen LogP contribution in [0.5, 0.6) is 0 Å². The van der Waals surface area contributed by atoms with Gasteiger partial charge in [0.05, 0.1) is 35.6 Å². The molecule has 1 aromatic heterocycles. The fourth-order valence-electron chi connectivity index (χ4n) is 1.58. The van der Waals surface area contributed by atoms with E-state index in [9.17, 15) is 9.18 Å². The summed E-state index contributed by atoms with van der Waals surface area (Å²) in [5.74, 6) is -1.05. The van der Waals surface area contributed by atoms with E-state index in [0.717, 1.165) is 16.8 Å². The van der Waals surface area contributed by atoms with Crippen molar-refractivity contribution in [3.8, 4) is 0 Å². The molecule has 0 spiro atoms. The van der Waals surface area contributed by atoms with Gasteiger partial charge in [-0.15, -0.1) is 11.3 Å². The number of aryl methyl sites for hydroxylation is 1. The Morgan fingerprint density at radius 3 is 2.89 bits per heavy atom. The number of thiazole rings is 1. The molecule has 0 aliphatic rings. The van der Waals surface area contributed by atoms with Crippen molar-refractivity contribution >= 4 is 23.0 Å². The lowest BCUT2D eigenvalue weighted by molar-refractivity contribution is 0.0600. The largest absolute Gasteiger partial charge is 0.465 e. The van der Waals surface area contributed by atoms with Crippen LogP contribution in [0.3, 0.4) is 0 Å². The number of nitrogens with one attached hydrogen (secondary N) is 1. The van der Waals surface area contributed by atoms with Crippen LogP contribution in [-0.2, 0) is 11.3 Å². The number of esters is 1. The Bertz CT molecular complexity index is 598. The highest BCUT2D eigenvalue weighted by Crippen LogP contribution is 2.18. The zero-order chi connectivity index (χ0) is 13.8. The molecular weight excluding hydrogens is 267 g/mol. The monoisotopic (exact) mass is 280 g/mol. The number of ether oxygens (including phenoxy) is 1. The molecule has 0 saturated carbocycles. The second kappa shape index (κ2) is 5.79. The number of hydrogen-bond acceptors (Lipinski definition) is 5. The molecule has 1 aromatic carbocycles. The Morgan fingerprint density at radius 2 is 2.32 bits per heavy atom. The summed E-state index contributed by atoms with van der Waals surface area (Å²) in [5, 5.41) is 5.83. The molecule has 0 bridgehead atoms. The van der Waals surface area contributed by atoms with Gasteiger partial charge in [0, 0.05) is 5.38 Å². The quantitative estimate of drug-likeness (QED) is 0.875. The Hall–Kier alpha value is -1.95. The minimum Gasteiger partial charge on any atom is -0.465 e. The van der Waals surface area contributed by atoms with Gasteiger partial charge >= 0.3 is 5.97 Å². The normalized spacial score (nSPS) is 10.3. The summed E-state index contributed by atoms with van der Waals surface area (Å²) in [5.41, 5.74) is 1.38. The van der Waals surface area contributed by atoms with E-state index in [1.165, 1.54) is 19.2 Å². The molecule has 2 aromatic rings. The van der Waals surface area contributed by atoms with Gasteiger partial charge in [-0.25, -0.2) is 14.2 Å². The van der Waals surface area contributed by atoms with E-state index in [-0.39, 0.29) is 5.56 Å². The van der Waals surface area contributed by atoms with Gasteiger partial charge < -0.3 is 10.1 Å². The van der Waals surface area contributed by atoms with Crippen molar-refractivity contribution in [2.24, 2.45) is 0 Å². The van der Waals surface area contributed by atoms with E-state index >= 15 is 0 Å². The molecule has 0 atom stereocenters. The van der Waals surface area contributed by atoms with Crippen molar-refractivity contribution in [2.75, 3.05) is 12.4 Å². The third-order valence-electron chi connectivity index (χ3n) is 2.52. The number of hydrogen-bond donors (Lipinski definition) is 1. The fraction of sp³-hybridized carbons (Fsp3) is 0.231. The SMILES string of the molecule is COC(=O)c1ccc(NCc2csc(C)n2)c(F)c1. The first kappa shape index (κ1) is 13.5. The van der Waals surface area contributed by atoms with Crippen molar-refractivity contribution < 1.29 is 13.9 Å². The second-order valence-corrected chi connectivity index (χ2v) is 4.96. The standard InChI is InChI=1S/C13H13FN2O2S/c1-8-16-10(7-19-8)6-15-12-4-3-9(5-11(12)14)13(17)18-2/h3-5,7,15H,6H2,1-2H3. The topological polar surface area (TPSA) is 51.2 Å². The highest BCUT2D eigenvalue weighted by Gasteiger charge is 2.09. The minimum atomic E-state index is -0.555. The molecule has 0 saturated heterocycles. The van der Waals surface area contributed by atoms with Crippen LogP contribution >= 0.6 is 11.3 Å². The third kappa shape index (κ3) is 3.29. The Labute approximate surface area is 114 Å². The van der Waals surface area contributed by atoms with Gasteiger partial charge in [-0.05, 0) is 25.1 Å². The molecular formula is C13H13FN2O2S. The summed E-state index contributed by atoms with van der Waals surface area (Å²) in [6.07, 6.45) is 0. The van der Waals surface area contributed by atoms with Gasteiger partial charge in [0.1, 0.15) is 5.82 Å². The van der Waals surface area contributed by atoms with E-state index < -0.39 is 11.8 Å². The summed E-state index contributed by atoms with van der Waals surface area (Å²) in [6.45, 7) is 2.36. The van der Waals surface area contributed by atoms with Crippen LogP contribution in [0.25, 0.3) is 0 Å². The smallest absolute Gasteiger partial charge is 0.337 e. The molecule has 1 heterocycles. The number of benzene rings is 1. The van der Waals surface area contributed by atoms with E-state index in [0.29, 0.717) is 12.2 Å². The highest BCUT2D eigenvalue weighted by molar-refractivity contribution is 7.09. The minimum absolute atomic E-state index is 0.190. The van der Waals surface area contributed by atoms with Crippen LogP contribution in [-0.4, -0.2) is 18.1 Å². The molecule has 2 rings (SSSR count). The van der Waals surface area contributed by atoms with Crippen molar-refractivity contribution in [3.05, 3.63) is 45.7 Å². The molecule has 0 radical (unpaired) electrons. The van der Waals surface area contributed by atoms with E-state index in [2.05, 4.69) is 15.0 Å². The average molecular weight is 280 g/mol. The number of halogens is 1. The van der Waals surface area contributed by atoms with Crippen molar-refractivity contribution in [1.82, 2.24) is 4.98 Å². The molecule has 0 fully saturated rings. The first-order valence-corrected chi connectivity index (χ1v) is 6.51. The van der Waals surface area contributed by atoms with Gasteiger partial charge in [0.15, 0.2) is 0 Å². The first-order valence-electron chi connectivity index (χ1n) is 5.63. The van der Waals surface area contributed by atoms with Crippen LogP contribution < -0.4 is 5.32 Å². The predicted molar refractivity (Wildman–Crippen MR) is 71.9 cm³/mol. The zero-order valence-electron chi connectivity index (χ0n) is 10.6. The number of carbonyl (C=O) groups is 1. The fourth-order valence-corrected chi connectivity index (χ4v) is 2.19. The number of aromatic nitrogens is 1. The maximum absolute atomic E-state index is 13.8. The van der Waals surface area contributed by atoms with Gasteiger partial charge in [0.25, 0.3) is 0 Å². The van der Waals surface area contributed by atoms with Crippen LogP contribution in [0.1, 0.15) is 21.1 Å². The Kier molecular flexibility index (Phi) is 4.11. The lowest BCUT2D eigenvalue weighted by Crippen LogP contribution is -2.05. The molecule has 4 nitrogen and oxygen atoms in total. The van der Waals surface area contributed by atoms with E-state index in [1.807, 2.05) is 12.3 Å². The molecule has 0 aliphatic carbocycles. The molecule has 0 unspecified atom stereocenters. The summed E-state index contributed by atoms with van der Waals surface area (Å²) >= 11 is 1.55. The molecule has 19 heavy (non-hydrogen) atoms. The second-order valence-electron chi connectivity index (χ2n) is 3.90. The number of carbonyl (C=O) groups excluding carboxylic acids is 1. The summed E-state index contributed by atoms with van der Waals surface area (Å²) in [7, 11) is 1.26. The van der Waals surface area contributed by atoms with Crippen LogP contribution in [0.2, 0.25) is 0 Å².